The van der Waals surface area contributed by atoms with Crippen molar-refractivity contribution >= 4 is 32.3 Å². The first-order valence-corrected chi connectivity index (χ1v) is 17.5. The summed E-state index contributed by atoms with van der Waals surface area (Å²) in [5, 5.41) is 7.22. The Hall–Kier alpha value is -6.45. The van der Waals surface area contributed by atoms with E-state index in [9.17, 15) is 0 Å². The van der Waals surface area contributed by atoms with E-state index in [2.05, 4.69) is 146 Å². The molecule has 0 aliphatic heterocycles. The predicted molar refractivity (Wildman–Crippen MR) is 212 cm³/mol. The van der Waals surface area contributed by atoms with Gasteiger partial charge in [-0.05, 0) is 78.5 Å². The van der Waals surface area contributed by atoms with Gasteiger partial charge in [-0.25, -0.2) is 9.97 Å². The molecule has 3 heteroatoms. The Labute approximate surface area is 297 Å². The predicted octanol–water partition coefficient (Wildman–Crippen LogP) is 12.3. The summed E-state index contributed by atoms with van der Waals surface area (Å²) < 4.78 is 0. The molecule has 0 saturated heterocycles. The maximum absolute atomic E-state index is 5.23. The van der Waals surface area contributed by atoms with Crippen molar-refractivity contribution in [2.75, 3.05) is 0 Å². The first-order chi connectivity index (χ1) is 25.0. The topological polar surface area (TPSA) is 38.7 Å². The van der Waals surface area contributed by atoms with Crippen LogP contribution in [0.15, 0.2) is 164 Å². The van der Waals surface area contributed by atoms with Crippen LogP contribution in [0.5, 0.6) is 0 Å². The highest BCUT2D eigenvalue weighted by Crippen LogP contribution is 2.55. The number of pyridine rings is 1. The lowest BCUT2D eigenvalue weighted by atomic mass is 9.80. The Balaban J connectivity index is 1.19. The van der Waals surface area contributed by atoms with E-state index in [1.165, 1.54) is 49.5 Å². The summed E-state index contributed by atoms with van der Waals surface area (Å²) in [5.74, 6) is 0.703. The number of fused-ring (bicyclic) bond motifs is 7. The van der Waals surface area contributed by atoms with Crippen molar-refractivity contribution in [2.45, 2.75) is 19.3 Å². The molecule has 0 spiro atoms. The van der Waals surface area contributed by atoms with Gasteiger partial charge in [0.05, 0.1) is 11.4 Å². The Morgan fingerprint density at radius 2 is 1.16 bits per heavy atom. The van der Waals surface area contributed by atoms with Crippen LogP contribution >= 0.6 is 0 Å². The molecule has 2 heterocycles. The summed E-state index contributed by atoms with van der Waals surface area (Å²) in [7, 11) is 0. The zero-order valence-electron chi connectivity index (χ0n) is 28.4. The van der Waals surface area contributed by atoms with E-state index in [1.807, 2.05) is 36.7 Å². The molecule has 51 heavy (non-hydrogen) atoms. The van der Waals surface area contributed by atoms with Crippen molar-refractivity contribution in [3.8, 4) is 56.2 Å². The molecule has 2 aromatic heterocycles. The van der Waals surface area contributed by atoms with Crippen LogP contribution in [-0.2, 0) is 5.41 Å². The molecule has 1 aliphatic rings. The molecule has 7 aromatic carbocycles. The molecule has 0 atom stereocenters. The third kappa shape index (κ3) is 4.62. The molecule has 0 unspecified atom stereocenters. The lowest BCUT2D eigenvalue weighted by Crippen LogP contribution is -2.15. The lowest BCUT2D eigenvalue weighted by Gasteiger charge is -2.23. The van der Waals surface area contributed by atoms with Crippen LogP contribution in [0, 0.1) is 0 Å². The van der Waals surface area contributed by atoms with E-state index in [1.54, 1.807) is 0 Å². The monoisotopic (exact) mass is 651 g/mol. The lowest BCUT2D eigenvalue weighted by molar-refractivity contribution is 0.666. The first kappa shape index (κ1) is 29.5. The Morgan fingerprint density at radius 3 is 2.02 bits per heavy atom. The van der Waals surface area contributed by atoms with E-state index in [0.717, 1.165) is 44.2 Å². The van der Waals surface area contributed by atoms with Gasteiger partial charge in [0.15, 0.2) is 5.82 Å². The van der Waals surface area contributed by atoms with Gasteiger partial charge in [0.1, 0.15) is 0 Å². The minimum Gasteiger partial charge on any atom is -0.264 e. The molecule has 0 amide bonds. The van der Waals surface area contributed by atoms with Crippen LogP contribution in [0.1, 0.15) is 25.0 Å². The van der Waals surface area contributed by atoms with Gasteiger partial charge in [-0.3, -0.25) is 4.98 Å². The maximum atomic E-state index is 5.23. The van der Waals surface area contributed by atoms with Gasteiger partial charge in [0.25, 0.3) is 0 Å². The standard InChI is InChI=1S/C48H33N3/c1-48(2)42-18-10-17-40(45(42)41-22-21-31-11-6-7-14-35(31)46(41)48)38-23-24-39(37-16-9-8-15-36(37)38)44-28-43(50-47(51-44)32-12-4-3-5-13-32)33-20-19-30-25-26-49-29-34(30)27-33/h3-29H,1-2H3. The molecule has 0 fully saturated rings. The van der Waals surface area contributed by atoms with Gasteiger partial charge in [0.2, 0.25) is 0 Å². The summed E-state index contributed by atoms with van der Waals surface area (Å²) in [6.07, 6.45) is 3.74. The second-order valence-electron chi connectivity index (χ2n) is 14.0. The summed E-state index contributed by atoms with van der Waals surface area (Å²) in [4.78, 5) is 14.7. The number of hydrogen-bond acceptors (Lipinski definition) is 3. The molecule has 9 aromatic rings. The van der Waals surface area contributed by atoms with Crippen LogP contribution in [0.25, 0.3) is 88.5 Å². The van der Waals surface area contributed by atoms with E-state index in [0.29, 0.717) is 5.82 Å². The fourth-order valence-corrected chi connectivity index (χ4v) is 8.33. The zero-order valence-corrected chi connectivity index (χ0v) is 28.4. The third-order valence-electron chi connectivity index (χ3n) is 10.7. The largest absolute Gasteiger partial charge is 0.264 e. The second-order valence-corrected chi connectivity index (χ2v) is 14.0. The normalized spacial score (nSPS) is 13.1. The number of aromatic nitrogens is 3. The summed E-state index contributed by atoms with van der Waals surface area (Å²) in [6, 6.07) is 54.5. The van der Waals surface area contributed by atoms with Crippen molar-refractivity contribution in [2.24, 2.45) is 0 Å². The third-order valence-corrected chi connectivity index (χ3v) is 10.7. The number of hydrogen-bond donors (Lipinski definition) is 0. The summed E-state index contributed by atoms with van der Waals surface area (Å²) in [5.41, 5.74) is 12.7. The van der Waals surface area contributed by atoms with Gasteiger partial charge >= 0.3 is 0 Å². The van der Waals surface area contributed by atoms with Crippen LogP contribution in [-0.4, -0.2) is 15.0 Å². The van der Waals surface area contributed by atoms with Gasteiger partial charge in [-0.2, -0.15) is 0 Å². The van der Waals surface area contributed by atoms with Gasteiger partial charge in [0, 0.05) is 39.9 Å². The number of nitrogens with zero attached hydrogens (tertiary/aromatic N) is 3. The van der Waals surface area contributed by atoms with Crippen LogP contribution in [0.4, 0.5) is 0 Å². The molecule has 1 aliphatic carbocycles. The van der Waals surface area contributed by atoms with Crippen molar-refractivity contribution in [3.63, 3.8) is 0 Å². The molecule has 10 rings (SSSR count). The van der Waals surface area contributed by atoms with Crippen LogP contribution in [0.2, 0.25) is 0 Å². The highest BCUT2D eigenvalue weighted by Gasteiger charge is 2.38. The molecule has 0 saturated carbocycles. The SMILES string of the molecule is CC1(C)c2cccc(-c3ccc(-c4cc(-c5ccc6ccncc6c5)nc(-c5ccccc5)n4)c4ccccc34)c2-c2ccc3ccccc3c21. The van der Waals surface area contributed by atoms with Gasteiger partial charge < -0.3 is 0 Å². The van der Waals surface area contributed by atoms with Crippen molar-refractivity contribution in [3.05, 3.63) is 175 Å². The minimum atomic E-state index is -0.124. The van der Waals surface area contributed by atoms with E-state index >= 15 is 0 Å². The summed E-state index contributed by atoms with van der Waals surface area (Å²) >= 11 is 0. The Morgan fingerprint density at radius 1 is 0.451 bits per heavy atom. The Bertz CT molecular complexity index is 2830. The van der Waals surface area contributed by atoms with Crippen molar-refractivity contribution < 1.29 is 0 Å². The van der Waals surface area contributed by atoms with E-state index in [-0.39, 0.29) is 5.41 Å². The van der Waals surface area contributed by atoms with E-state index in [4.69, 9.17) is 9.97 Å². The second kappa shape index (κ2) is 11.3. The zero-order chi connectivity index (χ0) is 34.1. The molecule has 3 nitrogen and oxygen atoms in total. The molecule has 240 valence electrons. The number of benzene rings is 7. The van der Waals surface area contributed by atoms with Crippen LogP contribution in [0.3, 0.4) is 0 Å². The summed E-state index contributed by atoms with van der Waals surface area (Å²) in [6.45, 7) is 4.75. The van der Waals surface area contributed by atoms with Crippen LogP contribution < -0.4 is 0 Å². The van der Waals surface area contributed by atoms with E-state index < -0.39 is 0 Å². The quantitative estimate of drug-likeness (QED) is 0.190. The maximum Gasteiger partial charge on any atom is 0.160 e. The molecule has 0 radical (unpaired) electrons. The smallest absolute Gasteiger partial charge is 0.160 e. The molecular weight excluding hydrogens is 619 g/mol. The number of rotatable bonds is 4. The Kier molecular flexibility index (Phi) is 6.53. The fourth-order valence-electron chi connectivity index (χ4n) is 8.33. The van der Waals surface area contributed by atoms with Crippen molar-refractivity contribution in [1.29, 1.82) is 0 Å². The molecular formula is C48H33N3. The fraction of sp³-hybridized carbons (Fsp3) is 0.0625. The average molecular weight is 652 g/mol. The van der Waals surface area contributed by atoms with Crippen molar-refractivity contribution in [1.82, 2.24) is 15.0 Å². The minimum absolute atomic E-state index is 0.124. The average Bonchev–Trinajstić information content (AvgIpc) is 3.44. The first-order valence-electron chi connectivity index (χ1n) is 17.5. The van der Waals surface area contributed by atoms with Gasteiger partial charge in [-0.1, -0.05) is 147 Å². The molecule has 0 bridgehead atoms. The molecule has 0 N–H and O–H groups in total. The van der Waals surface area contributed by atoms with Gasteiger partial charge in [-0.15, -0.1) is 0 Å². The highest BCUT2D eigenvalue weighted by molar-refractivity contribution is 6.09. The highest BCUT2D eigenvalue weighted by atomic mass is 14.9.